The Bertz CT molecular complexity index is 807. The van der Waals surface area contributed by atoms with E-state index in [-0.39, 0.29) is 5.41 Å². The lowest BCUT2D eigenvalue weighted by Gasteiger charge is -2.30. The van der Waals surface area contributed by atoms with Gasteiger partial charge in [0.2, 0.25) is 0 Å². The molecular formula is C20H27Cl2N5. The highest BCUT2D eigenvalue weighted by molar-refractivity contribution is 6.36. The molecule has 0 radical (unpaired) electrons. The molecule has 1 saturated heterocycles. The number of guanidine groups is 1. The first-order valence-corrected chi connectivity index (χ1v) is 9.96. The summed E-state index contributed by atoms with van der Waals surface area (Å²) in [5.41, 5.74) is 2.03. The lowest BCUT2D eigenvalue weighted by molar-refractivity contribution is 0.454. The van der Waals surface area contributed by atoms with E-state index in [2.05, 4.69) is 40.4 Å². The topological polar surface area (TPSA) is 45.5 Å². The van der Waals surface area contributed by atoms with E-state index < -0.39 is 0 Å². The van der Waals surface area contributed by atoms with Gasteiger partial charge in [-0.1, -0.05) is 43.1 Å². The minimum absolute atomic E-state index is 0.228. The molecule has 27 heavy (non-hydrogen) atoms. The molecule has 0 aliphatic carbocycles. The van der Waals surface area contributed by atoms with Crippen LogP contribution in [0.15, 0.2) is 35.6 Å². The van der Waals surface area contributed by atoms with E-state index in [9.17, 15) is 0 Å². The number of rotatable bonds is 4. The van der Waals surface area contributed by atoms with E-state index in [1.807, 2.05) is 43.2 Å². The Balaban J connectivity index is 1.66. The van der Waals surface area contributed by atoms with Gasteiger partial charge in [-0.3, -0.25) is 9.67 Å². The molecule has 5 nitrogen and oxygen atoms in total. The summed E-state index contributed by atoms with van der Waals surface area (Å²) in [6, 6.07) is 5.65. The molecule has 1 aliphatic rings. The van der Waals surface area contributed by atoms with E-state index in [1.165, 1.54) is 5.56 Å². The average molecular weight is 408 g/mol. The molecule has 7 heteroatoms. The van der Waals surface area contributed by atoms with Crippen molar-refractivity contribution in [3.8, 4) is 0 Å². The number of nitrogens with zero attached hydrogens (tertiary/aromatic N) is 4. The third-order valence-electron chi connectivity index (χ3n) is 5.22. The van der Waals surface area contributed by atoms with Gasteiger partial charge in [-0.25, -0.2) is 0 Å². The molecule has 1 aromatic heterocycles. The van der Waals surface area contributed by atoms with E-state index >= 15 is 0 Å². The second kappa shape index (κ2) is 8.11. The van der Waals surface area contributed by atoms with Crippen LogP contribution in [0.2, 0.25) is 10.0 Å². The summed E-state index contributed by atoms with van der Waals surface area (Å²) in [6.45, 7) is 6.90. The molecule has 1 aliphatic heterocycles. The summed E-state index contributed by atoms with van der Waals surface area (Å²) in [4.78, 5) is 6.80. The van der Waals surface area contributed by atoms with Gasteiger partial charge in [-0.15, -0.1) is 0 Å². The molecule has 1 N–H and O–H groups in total. The molecular weight excluding hydrogens is 381 g/mol. The first kappa shape index (κ1) is 20.0. The largest absolute Gasteiger partial charge is 0.355 e. The third kappa shape index (κ3) is 4.41. The van der Waals surface area contributed by atoms with Gasteiger partial charge in [0.15, 0.2) is 5.96 Å². The molecule has 146 valence electrons. The molecule has 0 saturated carbocycles. The Morgan fingerprint density at radius 2 is 2.04 bits per heavy atom. The quantitative estimate of drug-likeness (QED) is 0.613. The van der Waals surface area contributed by atoms with E-state index in [4.69, 9.17) is 23.2 Å². The number of nitrogens with one attached hydrogen (secondary N) is 1. The van der Waals surface area contributed by atoms with Gasteiger partial charge in [-0.2, -0.15) is 5.10 Å². The molecule has 1 unspecified atom stereocenters. The van der Waals surface area contributed by atoms with Crippen molar-refractivity contribution in [2.45, 2.75) is 31.6 Å². The summed E-state index contributed by atoms with van der Waals surface area (Å²) < 4.78 is 1.86. The van der Waals surface area contributed by atoms with Gasteiger partial charge < -0.3 is 10.2 Å². The van der Waals surface area contributed by atoms with Crippen LogP contribution >= 0.6 is 23.2 Å². The van der Waals surface area contributed by atoms with Gasteiger partial charge in [0.05, 0.1) is 6.20 Å². The first-order valence-electron chi connectivity index (χ1n) is 9.20. The monoisotopic (exact) mass is 407 g/mol. The van der Waals surface area contributed by atoms with Crippen molar-refractivity contribution in [1.29, 1.82) is 0 Å². The second-order valence-electron chi connectivity index (χ2n) is 7.76. The first-order chi connectivity index (χ1) is 12.8. The molecule has 1 atom stereocenters. The Morgan fingerprint density at radius 1 is 1.33 bits per heavy atom. The maximum atomic E-state index is 6.42. The number of aryl methyl sites for hydroxylation is 1. The Hall–Kier alpha value is -1.72. The predicted molar refractivity (Wildman–Crippen MR) is 113 cm³/mol. The minimum Gasteiger partial charge on any atom is -0.355 e. The summed E-state index contributed by atoms with van der Waals surface area (Å²) in [6.07, 6.45) is 5.17. The SMILES string of the molecule is CN=C(NCC(C)(C)c1c(Cl)cccc1Cl)N1CCC(c2cnn(C)c2)C1. The van der Waals surface area contributed by atoms with Crippen molar-refractivity contribution in [3.63, 3.8) is 0 Å². The van der Waals surface area contributed by atoms with Gasteiger partial charge in [-0.05, 0) is 29.7 Å². The number of likely N-dealkylation sites (tertiary alicyclic amines) is 1. The summed E-state index contributed by atoms with van der Waals surface area (Å²) in [5, 5.41) is 9.21. The Labute approximate surface area is 171 Å². The van der Waals surface area contributed by atoms with Crippen LogP contribution in [0, 0.1) is 0 Å². The number of hydrogen-bond acceptors (Lipinski definition) is 2. The highest BCUT2D eigenvalue weighted by Gasteiger charge is 2.30. The average Bonchev–Trinajstić information content (AvgIpc) is 3.24. The van der Waals surface area contributed by atoms with Crippen molar-refractivity contribution < 1.29 is 0 Å². The third-order valence-corrected chi connectivity index (χ3v) is 5.85. The van der Waals surface area contributed by atoms with Crippen LogP contribution in [-0.2, 0) is 12.5 Å². The van der Waals surface area contributed by atoms with Crippen LogP contribution in [0.1, 0.15) is 37.3 Å². The zero-order valence-corrected chi connectivity index (χ0v) is 17.8. The summed E-state index contributed by atoms with van der Waals surface area (Å²) in [5.74, 6) is 1.40. The minimum atomic E-state index is -0.228. The van der Waals surface area contributed by atoms with Crippen molar-refractivity contribution in [2.24, 2.45) is 12.0 Å². The van der Waals surface area contributed by atoms with E-state index in [0.29, 0.717) is 22.5 Å². The van der Waals surface area contributed by atoms with Crippen LogP contribution in [0.4, 0.5) is 0 Å². The molecule has 0 bridgehead atoms. The zero-order valence-electron chi connectivity index (χ0n) is 16.3. The van der Waals surface area contributed by atoms with Gasteiger partial charge in [0.25, 0.3) is 0 Å². The second-order valence-corrected chi connectivity index (χ2v) is 8.57. The Kier molecular flexibility index (Phi) is 6.02. The normalized spacial score (nSPS) is 18.2. The smallest absolute Gasteiger partial charge is 0.193 e. The summed E-state index contributed by atoms with van der Waals surface area (Å²) in [7, 11) is 3.79. The highest BCUT2D eigenvalue weighted by Crippen LogP contribution is 2.35. The summed E-state index contributed by atoms with van der Waals surface area (Å²) >= 11 is 12.8. The number of aliphatic imine (C=N–C) groups is 1. The van der Waals surface area contributed by atoms with Crippen LogP contribution in [0.5, 0.6) is 0 Å². The molecule has 0 amide bonds. The van der Waals surface area contributed by atoms with Crippen molar-refractivity contribution >= 4 is 29.2 Å². The van der Waals surface area contributed by atoms with Gasteiger partial charge >= 0.3 is 0 Å². The Morgan fingerprint density at radius 3 is 2.63 bits per heavy atom. The van der Waals surface area contributed by atoms with Crippen molar-refractivity contribution in [3.05, 3.63) is 51.8 Å². The number of benzene rings is 1. The molecule has 2 heterocycles. The predicted octanol–water partition coefficient (Wildman–Crippen LogP) is 4.07. The van der Waals surface area contributed by atoms with Crippen LogP contribution in [0.25, 0.3) is 0 Å². The maximum absolute atomic E-state index is 6.42. The number of aromatic nitrogens is 2. The standard InChI is InChI=1S/C20H27Cl2N5/c1-20(2,18-16(21)6-5-7-17(18)22)13-24-19(23-3)27-9-8-14(12-27)15-10-25-26(4)11-15/h5-7,10-11,14H,8-9,12-13H2,1-4H3,(H,23,24). The van der Waals surface area contributed by atoms with Gasteiger partial charge in [0, 0.05) is 61.3 Å². The number of halogens is 2. The fraction of sp³-hybridized carbons (Fsp3) is 0.500. The highest BCUT2D eigenvalue weighted by atomic mass is 35.5. The molecule has 1 fully saturated rings. The molecule has 1 aromatic carbocycles. The maximum Gasteiger partial charge on any atom is 0.193 e. The van der Waals surface area contributed by atoms with Crippen molar-refractivity contribution in [1.82, 2.24) is 20.0 Å². The van der Waals surface area contributed by atoms with Crippen LogP contribution in [-0.4, -0.2) is 47.3 Å². The molecule has 2 aromatic rings. The molecule has 3 rings (SSSR count). The molecule has 0 spiro atoms. The van der Waals surface area contributed by atoms with Crippen LogP contribution < -0.4 is 5.32 Å². The van der Waals surface area contributed by atoms with E-state index in [0.717, 1.165) is 31.0 Å². The zero-order chi connectivity index (χ0) is 19.6. The lowest BCUT2D eigenvalue weighted by atomic mass is 9.84. The fourth-order valence-electron chi connectivity index (χ4n) is 3.74. The van der Waals surface area contributed by atoms with Gasteiger partial charge in [0.1, 0.15) is 0 Å². The fourth-order valence-corrected chi connectivity index (χ4v) is 4.65. The van der Waals surface area contributed by atoms with E-state index in [1.54, 1.807) is 0 Å². The number of hydrogen-bond donors (Lipinski definition) is 1. The van der Waals surface area contributed by atoms with Crippen molar-refractivity contribution in [2.75, 3.05) is 26.7 Å². The lowest BCUT2D eigenvalue weighted by Crippen LogP contribution is -2.45. The van der Waals surface area contributed by atoms with Crippen LogP contribution in [0.3, 0.4) is 0 Å².